The second-order valence-electron chi connectivity index (χ2n) is 4.90. The van der Waals surface area contributed by atoms with E-state index < -0.39 is 0 Å². The lowest BCUT2D eigenvalue weighted by molar-refractivity contribution is 0.0988. The van der Waals surface area contributed by atoms with Crippen molar-refractivity contribution in [3.63, 3.8) is 0 Å². The number of rotatable bonds is 9. The first kappa shape index (κ1) is 16.9. The van der Waals surface area contributed by atoms with E-state index in [2.05, 4.69) is 38.8 Å². The molecule has 0 aliphatic carbocycles. The van der Waals surface area contributed by atoms with Gasteiger partial charge in [0, 0.05) is 10.0 Å². The van der Waals surface area contributed by atoms with E-state index in [1.165, 1.54) is 32.1 Å². The summed E-state index contributed by atoms with van der Waals surface area (Å²) >= 11 is 6.90. The minimum atomic E-state index is -0.0418. The van der Waals surface area contributed by atoms with Gasteiger partial charge in [-0.15, -0.1) is 0 Å². The summed E-state index contributed by atoms with van der Waals surface area (Å²) in [4.78, 5) is 12.1. The van der Waals surface area contributed by atoms with E-state index in [0.717, 1.165) is 22.9 Å². The van der Waals surface area contributed by atoms with E-state index in [4.69, 9.17) is 0 Å². The quantitative estimate of drug-likeness (QED) is 0.281. The van der Waals surface area contributed by atoms with Crippen molar-refractivity contribution in [1.29, 1.82) is 0 Å². The van der Waals surface area contributed by atoms with Crippen LogP contribution in [-0.4, -0.2) is 10.6 Å². The fourth-order valence-electron chi connectivity index (χ4n) is 2.03. The van der Waals surface area contributed by atoms with E-state index >= 15 is 0 Å². The maximum atomic E-state index is 12.2. The molecule has 1 atom stereocenters. The zero-order valence-corrected chi connectivity index (χ0v) is 14.7. The first-order valence-corrected chi connectivity index (χ1v) is 8.80. The van der Waals surface area contributed by atoms with Gasteiger partial charge in [0.05, 0.1) is 4.83 Å². The monoisotopic (exact) mass is 388 g/mol. The lowest BCUT2D eigenvalue weighted by Crippen LogP contribution is -2.14. The van der Waals surface area contributed by atoms with Gasteiger partial charge in [0.25, 0.3) is 0 Å². The highest BCUT2D eigenvalue weighted by Gasteiger charge is 2.16. The summed E-state index contributed by atoms with van der Waals surface area (Å²) in [5, 5.41) is 0. The van der Waals surface area contributed by atoms with Crippen molar-refractivity contribution in [1.82, 2.24) is 0 Å². The molecule has 106 valence electrons. The Kier molecular flexibility index (Phi) is 8.64. The van der Waals surface area contributed by atoms with Gasteiger partial charge in [-0.1, -0.05) is 89.4 Å². The Labute approximate surface area is 133 Å². The number of alkyl halides is 1. The molecule has 19 heavy (non-hydrogen) atoms. The molecule has 0 amide bonds. The molecule has 0 heterocycles. The summed E-state index contributed by atoms with van der Waals surface area (Å²) < 4.78 is 1.01. The van der Waals surface area contributed by atoms with Gasteiger partial charge >= 0.3 is 0 Å². The molecule has 0 radical (unpaired) electrons. The third-order valence-corrected chi connectivity index (χ3v) is 4.63. The molecular weight excluding hydrogens is 368 g/mol. The largest absolute Gasteiger partial charge is 0.293 e. The number of Topliss-reactive ketones (excluding diaryl/α,β-unsaturated/α-hetero) is 1. The van der Waals surface area contributed by atoms with Crippen LogP contribution < -0.4 is 0 Å². The second-order valence-corrected chi connectivity index (χ2v) is 6.92. The van der Waals surface area contributed by atoms with Crippen LogP contribution in [0.5, 0.6) is 0 Å². The zero-order valence-electron chi connectivity index (χ0n) is 11.5. The molecule has 0 saturated heterocycles. The molecule has 1 aromatic carbocycles. The SMILES string of the molecule is CCCCCCCCC(Br)C(=O)c1ccc(Br)cc1. The normalized spacial score (nSPS) is 12.4. The Hall–Kier alpha value is -0.150. The predicted molar refractivity (Wildman–Crippen MR) is 89.2 cm³/mol. The molecule has 0 N–H and O–H groups in total. The number of hydrogen-bond acceptors (Lipinski definition) is 1. The molecule has 0 aliphatic heterocycles. The first-order chi connectivity index (χ1) is 9.15. The smallest absolute Gasteiger partial charge is 0.176 e. The van der Waals surface area contributed by atoms with Crippen molar-refractivity contribution in [2.45, 2.75) is 56.7 Å². The van der Waals surface area contributed by atoms with Crippen molar-refractivity contribution in [3.8, 4) is 0 Å². The molecule has 0 saturated carbocycles. The third kappa shape index (κ3) is 6.71. The number of halogens is 2. The molecule has 0 fully saturated rings. The van der Waals surface area contributed by atoms with Crippen LogP contribution in [0.15, 0.2) is 28.7 Å². The van der Waals surface area contributed by atoms with Crippen molar-refractivity contribution in [2.75, 3.05) is 0 Å². The van der Waals surface area contributed by atoms with Crippen LogP contribution in [0.4, 0.5) is 0 Å². The molecule has 1 rings (SSSR count). The number of benzene rings is 1. The van der Waals surface area contributed by atoms with Gasteiger partial charge in [0.1, 0.15) is 0 Å². The maximum absolute atomic E-state index is 12.2. The number of ketones is 1. The fraction of sp³-hybridized carbons (Fsp3) is 0.562. The van der Waals surface area contributed by atoms with Crippen LogP contribution in [0, 0.1) is 0 Å². The average molecular weight is 390 g/mol. The Balaban J connectivity index is 2.27. The Morgan fingerprint density at radius 1 is 1.05 bits per heavy atom. The third-order valence-electron chi connectivity index (χ3n) is 3.22. The van der Waals surface area contributed by atoms with E-state index in [1.807, 2.05) is 24.3 Å². The molecule has 0 aromatic heterocycles. The Morgan fingerprint density at radius 2 is 1.63 bits per heavy atom. The van der Waals surface area contributed by atoms with Gasteiger partial charge in [-0.25, -0.2) is 0 Å². The van der Waals surface area contributed by atoms with Gasteiger partial charge in [0.2, 0.25) is 0 Å². The minimum absolute atomic E-state index is 0.0418. The zero-order chi connectivity index (χ0) is 14.1. The van der Waals surface area contributed by atoms with Gasteiger partial charge in [-0.05, 0) is 18.6 Å². The molecule has 0 aliphatic rings. The summed E-state index contributed by atoms with van der Waals surface area (Å²) in [7, 11) is 0. The van der Waals surface area contributed by atoms with Crippen LogP contribution in [0.25, 0.3) is 0 Å². The summed E-state index contributed by atoms with van der Waals surface area (Å²) in [5.41, 5.74) is 0.788. The van der Waals surface area contributed by atoms with Crippen LogP contribution in [0.3, 0.4) is 0 Å². The molecular formula is C16H22Br2O. The highest BCUT2D eigenvalue weighted by molar-refractivity contribution is 9.10. The minimum Gasteiger partial charge on any atom is -0.293 e. The Bertz CT molecular complexity index is 373. The Morgan fingerprint density at radius 3 is 2.26 bits per heavy atom. The van der Waals surface area contributed by atoms with Gasteiger partial charge < -0.3 is 0 Å². The molecule has 0 spiro atoms. The topological polar surface area (TPSA) is 17.1 Å². The van der Waals surface area contributed by atoms with Crippen molar-refractivity contribution in [3.05, 3.63) is 34.3 Å². The van der Waals surface area contributed by atoms with Gasteiger partial charge in [-0.2, -0.15) is 0 Å². The molecule has 1 aromatic rings. The molecule has 0 bridgehead atoms. The van der Waals surface area contributed by atoms with E-state index in [9.17, 15) is 4.79 Å². The van der Waals surface area contributed by atoms with E-state index in [0.29, 0.717) is 0 Å². The van der Waals surface area contributed by atoms with Crippen molar-refractivity contribution in [2.24, 2.45) is 0 Å². The summed E-state index contributed by atoms with van der Waals surface area (Å²) in [5.74, 6) is 0.195. The summed E-state index contributed by atoms with van der Waals surface area (Å²) in [6.07, 6.45) is 8.52. The number of unbranched alkanes of at least 4 members (excludes halogenated alkanes) is 5. The highest BCUT2D eigenvalue weighted by Crippen LogP contribution is 2.19. The molecule has 3 heteroatoms. The second kappa shape index (κ2) is 9.71. The van der Waals surface area contributed by atoms with E-state index in [-0.39, 0.29) is 10.6 Å². The summed E-state index contributed by atoms with van der Waals surface area (Å²) in [6.45, 7) is 2.23. The lowest BCUT2D eigenvalue weighted by atomic mass is 10.0. The van der Waals surface area contributed by atoms with Crippen LogP contribution in [-0.2, 0) is 0 Å². The number of carbonyl (C=O) groups is 1. The standard InChI is InChI=1S/C16H22Br2O/c1-2-3-4-5-6-7-8-15(18)16(19)13-9-11-14(17)12-10-13/h9-12,15H,2-8H2,1H3. The predicted octanol–water partition coefficient (Wildman–Crippen LogP) is 6.15. The molecule has 1 nitrogen and oxygen atoms in total. The molecule has 1 unspecified atom stereocenters. The summed E-state index contributed by atoms with van der Waals surface area (Å²) in [6, 6.07) is 7.58. The van der Waals surface area contributed by atoms with Gasteiger partial charge in [0.15, 0.2) is 5.78 Å². The van der Waals surface area contributed by atoms with Crippen molar-refractivity contribution >= 4 is 37.6 Å². The van der Waals surface area contributed by atoms with Crippen LogP contribution >= 0.6 is 31.9 Å². The number of carbonyl (C=O) groups excluding carboxylic acids is 1. The highest BCUT2D eigenvalue weighted by atomic mass is 79.9. The lowest BCUT2D eigenvalue weighted by Gasteiger charge is -2.09. The first-order valence-electron chi connectivity index (χ1n) is 7.09. The van der Waals surface area contributed by atoms with Crippen molar-refractivity contribution < 1.29 is 4.79 Å². The average Bonchev–Trinajstić information content (AvgIpc) is 2.42. The number of hydrogen-bond donors (Lipinski definition) is 0. The van der Waals surface area contributed by atoms with Crippen LogP contribution in [0.1, 0.15) is 62.2 Å². The fourth-order valence-corrected chi connectivity index (χ4v) is 2.88. The van der Waals surface area contributed by atoms with Crippen LogP contribution in [0.2, 0.25) is 0 Å². The maximum Gasteiger partial charge on any atom is 0.176 e. The van der Waals surface area contributed by atoms with E-state index in [1.54, 1.807) is 0 Å². The van der Waals surface area contributed by atoms with Gasteiger partial charge in [-0.3, -0.25) is 4.79 Å².